The van der Waals surface area contributed by atoms with E-state index >= 15 is 0 Å². The van der Waals surface area contributed by atoms with Gasteiger partial charge in [0.1, 0.15) is 0 Å². The zero-order chi connectivity index (χ0) is 16.0. The third-order valence-electron chi connectivity index (χ3n) is 3.78. The van der Waals surface area contributed by atoms with Crippen LogP contribution in [0.5, 0.6) is 0 Å². The molecule has 21 heavy (non-hydrogen) atoms. The summed E-state index contributed by atoms with van der Waals surface area (Å²) in [5, 5.41) is 2.98. The topological polar surface area (TPSA) is 58.4 Å². The molecule has 0 aliphatic carbocycles. The van der Waals surface area contributed by atoms with Crippen LogP contribution < -0.4 is 11.1 Å². The fourth-order valence-corrected chi connectivity index (χ4v) is 2.07. The van der Waals surface area contributed by atoms with Crippen LogP contribution in [0.2, 0.25) is 0 Å². The van der Waals surface area contributed by atoms with Gasteiger partial charge in [0, 0.05) is 12.2 Å². The Morgan fingerprint density at radius 3 is 2.33 bits per heavy atom. The number of hydrogen-bond donors (Lipinski definition) is 2. The average Bonchev–Trinajstić information content (AvgIpc) is 2.44. The molecular weight excluding hydrogens is 262 g/mol. The van der Waals surface area contributed by atoms with Gasteiger partial charge in [0.2, 0.25) is 5.91 Å². The van der Waals surface area contributed by atoms with Crippen LogP contribution >= 0.6 is 0 Å². The number of rotatable bonds is 6. The number of hydrogen-bond acceptors (Lipinski definition) is 3. The fraction of sp³-hybridized carbons (Fsp3) is 0.588. The SMILES string of the molecule is CCN(CC)Cc1ccccc1NC(=O)C(N)C(C)(C)C. The molecule has 0 aliphatic rings. The number of amides is 1. The van der Waals surface area contributed by atoms with Gasteiger partial charge in [0.25, 0.3) is 0 Å². The van der Waals surface area contributed by atoms with Crippen LogP contribution in [-0.2, 0) is 11.3 Å². The second-order valence-corrected chi connectivity index (χ2v) is 6.45. The van der Waals surface area contributed by atoms with Crippen LogP contribution in [0.15, 0.2) is 24.3 Å². The Bertz CT molecular complexity index is 461. The number of nitrogens with one attached hydrogen (secondary N) is 1. The molecule has 0 radical (unpaired) electrons. The van der Waals surface area contributed by atoms with Gasteiger partial charge in [0.05, 0.1) is 6.04 Å². The minimum Gasteiger partial charge on any atom is -0.324 e. The zero-order valence-corrected chi connectivity index (χ0v) is 13.9. The lowest BCUT2D eigenvalue weighted by Crippen LogP contribution is -2.45. The maximum absolute atomic E-state index is 12.3. The van der Waals surface area contributed by atoms with E-state index in [2.05, 4.69) is 30.1 Å². The van der Waals surface area contributed by atoms with E-state index in [-0.39, 0.29) is 11.3 Å². The minimum absolute atomic E-state index is 0.130. The summed E-state index contributed by atoms with van der Waals surface area (Å²) in [6.07, 6.45) is 0. The molecule has 0 saturated heterocycles. The Hall–Kier alpha value is -1.39. The summed E-state index contributed by atoms with van der Waals surface area (Å²) in [5.41, 5.74) is 7.75. The van der Waals surface area contributed by atoms with Crippen LogP contribution in [0.25, 0.3) is 0 Å². The predicted molar refractivity (Wildman–Crippen MR) is 89.1 cm³/mol. The van der Waals surface area contributed by atoms with Crippen molar-refractivity contribution in [3.63, 3.8) is 0 Å². The molecule has 0 heterocycles. The Morgan fingerprint density at radius 1 is 1.24 bits per heavy atom. The molecule has 1 amide bonds. The molecule has 1 unspecified atom stereocenters. The standard InChI is InChI=1S/C17H29N3O/c1-6-20(7-2)12-13-10-8-9-11-14(13)19-16(21)15(18)17(3,4)5/h8-11,15H,6-7,12,18H2,1-5H3,(H,19,21). The fourth-order valence-electron chi connectivity index (χ4n) is 2.07. The van der Waals surface area contributed by atoms with Crippen molar-refractivity contribution in [1.29, 1.82) is 0 Å². The summed E-state index contributed by atoms with van der Waals surface area (Å²) in [5.74, 6) is -0.130. The van der Waals surface area contributed by atoms with E-state index in [4.69, 9.17) is 5.73 Å². The van der Waals surface area contributed by atoms with Crippen LogP contribution in [-0.4, -0.2) is 29.9 Å². The first-order valence-corrected chi connectivity index (χ1v) is 7.66. The third kappa shape index (κ3) is 5.14. The van der Waals surface area contributed by atoms with Crippen molar-refractivity contribution >= 4 is 11.6 Å². The zero-order valence-electron chi connectivity index (χ0n) is 13.9. The summed E-state index contributed by atoms with van der Waals surface area (Å²) in [6.45, 7) is 13.0. The summed E-state index contributed by atoms with van der Waals surface area (Å²) in [4.78, 5) is 14.6. The van der Waals surface area contributed by atoms with Gasteiger partial charge in [0.15, 0.2) is 0 Å². The van der Waals surface area contributed by atoms with Gasteiger partial charge in [-0.15, -0.1) is 0 Å². The Balaban J connectivity index is 2.87. The number of nitrogens with zero attached hydrogens (tertiary/aromatic N) is 1. The van der Waals surface area contributed by atoms with Crippen molar-refractivity contribution < 1.29 is 4.79 Å². The quantitative estimate of drug-likeness (QED) is 0.847. The van der Waals surface area contributed by atoms with Gasteiger partial charge >= 0.3 is 0 Å². The van der Waals surface area contributed by atoms with Crippen molar-refractivity contribution in [3.8, 4) is 0 Å². The molecule has 0 saturated carbocycles. The van der Waals surface area contributed by atoms with Crippen molar-refractivity contribution in [2.45, 2.75) is 47.2 Å². The lowest BCUT2D eigenvalue weighted by molar-refractivity contribution is -0.119. The summed E-state index contributed by atoms with van der Waals surface area (Å²) in [6, 6.07) is 7.39. The summed E-state index contributed by atoms with van der Waals surface area (Å²) < 4.78 is 0. The molecule has 4 nitrogen and oxygen atoms in total. The van der Waals surface area contributed by atoms with Crippen molar-refractivity contribution in [2.24, 2.45) is 11.1 Å². The molecule has 118 valence electrons. The van der Waals surface area contributed by atoms with Gasteiger partial charge in [-0.05, 0) is 30.1 Å². The number of anilines is 1. The van der Waals surface area contributed by atoms with E-state index < -0.39 is 6.04 Å². The predicted octanol–water partition coefficient (Wildman–Crippen LogP) is 2.84. The molecule has 1 atom stereocenters. The van der Waals surface area contributed by atoms with E-state index in [0.717, 1.165) is 30.9 Å². The maximum atomic E-state index is 12.3. The summed E-state index contributed by atoms with van der Waals surface area (Å²) in [7, 11) is 0. The molecule has 0 aliphatic heterocycles. The Morgan fingerprint density at radius 2 is 1.81 bits per heavy atom. The van der Waals surface area contributed by atoms with Gasteiger partial charge in [-0.3, -0.25) is 9.69 Å². The van der Waals surface area contributed by atoms with Crippen LogP contribution in [0.4, 0.5) is 5.69 Å². The Kier molecular flexibility index (Phi) is 6.37. The first kappa shape index (κ1) is 17.7. The van der Waals surface area contributed by atoms with E-state index in [1.54, 1.807) is 0 Å². The third-order valence-corrected chi connectivity index (χ3v) is 3.78. The number of nitrogens with two attached hydrogens (primary N) is 1. The lowest BCUT2D eigenvalue weighted by atomic mass is 9.87. The van der Waals surface area contributed by atoms with Gasteiger partial charge in [-0.1, -0.05) is 52.8 Å². The van der Waals surface area contributed by atoms with E-state index in [9.17, 15) is 4.79 Å². The molecular formula is C17H29N3O. The normalized spacial score (nSPS) is 13.3. The highest BCUT2D eigenvalue weighted by Gasteiger charge is 2.27. The molecule has 3 N–H and O–H groups in total. The monoisotopic (exact) mass is 291 g/mol. The van der Waals surface area contributed by atoms with Gasteiger partial charge in [-0.2, -0.15) is 0 Å². The van der Waals surface area contributed by atoms with Crippen LogP contribution in [0.1, 0.15) is 40.2 Å². The van der Waals surface area contributed by atoms with E-state index in [1.807, 2.05) is 39.0 Å². The first-order valence-electron chi connectivity index (χ1n) is 7.66. The minimum atomic E-state index is -0.529. The molecule has 0 bridgehead atoms. The van der Waals surface area contributed by atoms with Crippen molar-refractivity contribution in [3.05, 3.63) is 29.8 Å². The van der Waals surface area contributed by atoms with Crippen molar-refractivity contribution in [2.75, 3.05) is 18.4 Å². The molecule has 1 aromatic rings. The van der Waals surface area contributed by atoms with Gasteiger partial charge < -0.3 is 11.1 Å². The highest BCUT2D eigenvalue weighted by atomic mass is 16.2. The van der Waals surface area contributed by atoms with Gasteiger partial charge in [-0.25, -0.2) is 0 Å². The molecule has 0 spiro atoms. The van der Waals surface area contributed by atoms with Crippen LogP contribution in [0.3, 0.4) is 0 Å². The first-order chi connectivity index (χ1) is 9.79. The number of carbonyl (C=O) groups excluding carboxylic acids is 1. The molecule has 0 aromatic heterocycles. The van der Waals surface area contributed by atoms with E-state index in [1.165, 1.54) is 0 Å². The van der Waals surface area contributed by atoms with Crippen molar-refractivity contribution in [1.82, 2.24) is 4.90 Å². The maximum Gasteiger partial charge on any atom is 0.241 e. The largest absolute Gasteiger partial charge is 0.324 e. The highest BCUT2D eigenvalue weighted by Crippen LogP contribution is 2.21. The summed E-state index contributed by atoms with van der Waals surface area (Å²) >= 11 is 0. The lowest BCUT2D eigenvalue weighted by Gasteiger charge is -2.26. The molecule has 0 fully saturated rings. The Labute approximate surface area is 128 Å². The second-order valence-electron chi connectivity index (χ2n) is 6.45. The molecule has 1 aromatic carbocycles. The smallest absolute Gasteiger partial charge is 0.241 e. The molecule has 4 heteroatoms. The number of para-hydroxylation sites is 1. The number of benzene rings is 1. The van der Waals surface area contributed by atoms with Crippen LogP contribution in [0, 0.1) is 5.41 Å². The highest BCUT2D eigenvalue weighted by molar-refractivity contribution is 5.95. The number of carbonyl (C=O) groups is 1. The second kappa shape index (κ2) is 7.57. The van der Waals surface area contributed by atoms with E-state index in [0.29, 0.717) is 0 Å². The average molecular weight is 291 g/mol. The molecule has 1 rings (SSSR count).